The van der Waals surface area contributed by atoms with E-state index in [4.69, 9.17) is 0 Å². The molecule has 70 valence electrons. The molecule has 0 atom stereocenters. The van der Waals surface area contributed by atoms with Crippen molar-refractivity contribution in [3.63, 3.8) is 0 Å². The van der Waals surface area contributed by atoms with Crippen molar-refractivity contribution in [2.45, 2.75) is 32.6 Å². The zero-order chi connectivity index (χ0) is 9.42. The van der Waals surface area contributed by atoms with Gasteiger partial charge < -0.3 is 0 Å². The maximum Gasteiger partial charge on any atom is 0.178 e. The number of nitrogens with zero attached hydrogens (tertiary/aromatic N) is 2. The van der Waals surface area contributed by atoms with Crippen molar-refractivity contribution >= 4 is 5.78 Å². The number of rotatable bonds is 1. The summed E-state index contributed by atoms with van der Waals surface area (Å²) in [6.07, 6.45) is 4.47. The van der Waals surface area contributed by atoms with E-state index in [0.717, 1.165) is 24.2 Å². The van der Waals surface area contributed by atoms with Crippen LogP contribution in [0.15, 0.2) is 0 Å². The van der Waals surface area contributed by atoms with Crippen LogP contribution in [0.2, 0.25) is 0 Å². The summed E-state index contributed by atoms with van der Waals surface area (Å²) < 4.78 is 1.73. The van der Waals surface area contributed by atoms with E-state index in [9.17, 15) is 4.79 Å². The molecule has 0 fully saturated rings. The van der Waals surface area contributed by atoms with Crippen LogP contribution in [-0.2, 0) is 19.9 Å². The number of aryl methyl sites for hydroxylation is 2. The van der Waals surface area contributed by atoms with Crippen LogP contribution in [0.3, 0.4) is 0 Å². The smallest absolute Gasteiger partial charge is 0.178 e. The van der Waals surface area contributed by atoms with Gasteiger partial charge in [-0.2, -0.15) is 5.10 Å². The van der Waals surface area contributed by atoms with Gasteiger partial charge in [0.1, 0.15) is 5.69 Å². The molecular weight excluding hydrogens is 164 g/mol. The molecule has 0 unspecified atom stereocenters. The van der Waals surface area contributed by atoms with E-state index < -0.39 is 0 Å². The van der Waals surface area contributed by atoms with Crippen molar-refractivity contribution < 1.29 is 4.79 Å². The number of ketones is 1. The number of hydrogen-bond acceptors (Lipinski definition) is 2. The van der Waals surface area contributed by atoms with E-state index in [1.54, 1.807) is 11.6 Å². The highest BCUT2D eigenvalue weighted by molar-refractivity contribution is 5.94. The summed E-state index contributed by atoms with van der Waals surface area (Å²) in [5, 5.41) is 4.37. The SMILES string of the molecule is CC(=O)c1c2c(nn1C)CCCC2. The van der Waals surface area contributed by atoms with E-state index >= 15 is 0 Å². The first-order chi connectivity index (χ1) is 6.20. The van der Waals surface area contributed by atoms with E-state index in [-0.39, 0.29) is 5.78 Å². The molecular formula is C10H14N2O. The molecule has 0 aromatic carbocycles. The Morgan fingerprint density at radius 1 is 1.38 bits per heavy atom. The number of carbonyl (C=O) groups is 1. The normalized spacial score (nSPS) is 15.5. The summed E-state index contributed by atoms with van der Waals surface area (Å²) >= 11 is 0. The number of aromatic nitrogens is 2. The molecule has 0 saturated carbocycles. The van der Waals surface area contributed by atoms with Crippen molar-refractivity contribution in [2.75, 3.05) is 0 Å². The highest BCUT2D eigenvalue weighted by Gasteiger charge is 2.21. The fourth-order valence-corrected chi connectivity index (χ4v) is 2.12. The quantitative estimate of drug-likeness (QED) is 0.611. The molecule has 0 N–H and O–H groups in total. The topological polar surface area (TPSA) is 34.9 Å². The molecule has 3 heteroatoms. The zero-order valence-electron chi connectivity index (χ0n) is 8.13. The predicted octanol–water partition coefficient (Wildman–Crippen LogP) is 1.50. The van der Waals surface area contributed by atoms with Gasteiger partial charge in [-0.3, -0.25) is 9.48 Å². The van der Waals surface area contributed by atoms with Crippen LogP contribution in [0, 0.1) is 0 Å². The van der Waals surface area contributed by atoms with Gasteiger partial charge in [0.2, 0.25) is 0 Å². The van der Waals surface area contributed by atoms with Crippen molar-refractivity contribution in [1.82, 2.24) is 9.78 Å². The maximum absolute atomic E-state index is 11.3. The summed E-state index contributed by atoms with van der Waals surface area (Å²) in [5.41, 5.74) is 3.15. The van der Waals surface area contributed by atoms with Crippen LogP contribution in [0.1, 0.15) is 41.5 Å². The molecule has 0 aliphatic heterocycles. The zero-order valence-corrected chi connectivity index (χ0v) is 8.13. The Balaban J connectivity index is 2.54. The second-order valence-corrected chi connectivity index (χ2v) is 3.66. The molecule has 2 rings (SSSR count). The molecule has 3 nitrogen and oxygen atoms in total. The third-order valence-electron chi connectivity index (χ3n) is 2.65. The lowest BCUT2D eigenvalue weighted by atomic mass is 9.95. The minimum Gasteiger partial charge on any atom is -0.293 e. The van der Waals surface area contributed by atoms with E-state index in [1.165, 1.54) is 18.4 Å². The van der Waals surface area contributed by atoms with Crippen LogP contribution in [0.5, 0.6) is 0 Å². The molecule has 0 amide bonds. The summed E-state index contributed by atoms with van der Waals surface area (Å²) in [7, 11) is 1.86. The Kier molecular flexibility index (Phi) is 1.94. The minimum absolute atomic E-state index is 0.137. The lowest BCUT2D eigenvalue weighted by molar-refractivity contribution is 0.100. The van der Waals surface area contributed by atoms with E-state index in [1.807, 2.05) is 7.05 Å². The lowest BCUT2D eigenvalue weighted by Crippen LogP contribution is -2.07. The molecule has 1 aromatic heterocycles. The van der Waals surface area contributed by atoms with Crippen molar-refractivity contribution in [3.8, 4) is 0 Å². The number of fused-ring (bicyclic) bond motifs is 1. The Bertz CT molecular complexity index is 352. The van der Waals surface area contributed by atoms with Crippen LogP contribution in [-0.4, -0.2) is 15.6 Å². The number of hydrogen-bond donors (Lipinski definition) is 0. The van der Waals surface area contributed by atoms with Crippen LogP contribution in [0.25, 0.3) is 0 Å². The largest absolute Gasteiger partial charge is 0.293 e. The minimum atomic E-state index is 0.137. The number of carbonyl (C=O) groups excluding carboxylic acids is 1. The molecule has 13 heavy (non-hydrogen) atoms. The van der Waals surface area contributed by atoms with Gasteiger partial charge in [0.15, 0.2) is 5.78 Å². The first kappa shape index (κ1) is 8.48. The highest BCUT2D eigenvalue weighted by atomic mass is 16.1. The lowest BCUT2D eigenvalue weighted by Gasteiger charge is -2.09. The summed E-state index contributed by atoms with van der Waals surface area (Å²) in [5.74, 6) is 0.137. The molecule has 0 radical (unpaired) electrons. The Morgan fingerprint density at radius 2 is 2.08 bits per heavy atom. The highest BCUT2D eigenvalue weighted by Crippen LogP contribution is 2.23. The third-order valence-corrected chi connectivity index (χ3v) is 2.65. The average Bonchev–Trinajstić information content (AvgIpc) is 2.39. The van der Waals surface area contributed by atoms with Gasteiger partial charge >= 0.3 is 0 Å². The third kappa shape index (κ3) is 1.28. The van der Waals surface area contributed by atoms with E-state index in [0.29, 0.717) is 0 Å². The van der Waals surface area contributed by atoms with Gasteiger partial charge in [-0.05, 0) is 25.7 Å². The van der Waals surface area contributed by atoms with Gasteiger partial charge in [0.05, 0.1) is 5.69 Å². The molecule has 0 bridgehead atoms. The van der Waals surface area contributed by atoms with Crippen LogP contribution in [0.4, 0.5) is 0 Å². The predicted molar refractivity (Wildman–Crippen MR) is 49.9 cm³/mol. The Morgan fingerprint density at radius 3 is 2.77 bits per heavy atom. The van der Waals surface area contributed by atoms with E-state index in [2.05, 4.69) is 5.10 Å². The molecule has 1 aliphatic carbocycles. The maximum atomic E-state index is 11.3. The van der Waals surface area contributed by atoms with Crippen molar-refractivity contribution in [3.05, 3.63) is 17.0 Å². The molecule has 0 spiro atoms. The van der Waals surface area contributed by atoms with Gasteiger partial charge in [-0.25, -0.2) is 0 Å². The molecule has 0 saturated heterocycles. The van der Waals surface area contributed by atoms with Gasteiger partial charge in [0, 0.05) is 19.5 Å². The van der Waals surface area contributed by atoms with Gasteiger partial charge in [0.25, 0.3) is 0 Å². The Hall–Kier alpha value is -1.12. The molecule has 1 aliphatic rings. The standard InChI is InChI=1S/C10H14N2O/c1-7(13)10-8-5-3-4-6-9(8)11-12(10)2/h3-6H2,1-2H3. The summed E-state index contributed by atoms with van der Waals surface area (Å²) in [6.45, 7) is 1.62. The molecule has 1 aromatic rings. The summed E-state index contributed by atoms with van der Waals surface area (Å²) in [6, 6.07) is 0. The monoisotopic (exact) mass is 178 g/mol. The first-order valence-corrected chi connectivity index (χ1v) is 4.76. The summed E-state index contributed by atoms with van der Waals surface area (Å²) in [4.78, 5) is 11.3. The van der Waals surface area contributed by atoms with Gasteiger partial charge in [-0.1, -0.05) is 0 Å². The van der Waals surface area contributed by atoms with Crippen LogP contribution < -0.4 is 0 Å². The molecule has 1 heterocycles. The van der Waals surface area contributed by atoms with Crippen LogP contribution >= 0.6 is 0 Å². The van der Waals surface area contributed by atoms with Crippen molar-refractivity contribution in [2.24, 2.45) is 7.05 Å². The second-order valence-electron chi connectivity index (χ2n) is 3.66. The fourth-order valence-electron chi connectivity index (χ4n) is 2.12. The number of Topliss-reactive ketones (excluding diaryl/α,β-unsaturated/α-hetero) is 1. The average molecular weight is 178 g/mol. The second kappa shape index (κ2) is 2.98. The first-order valence-electron chi connectivity index (χ1n) is 4.76. The Labute approximate surface area is 77.7 Å². The van der Waals surface area contributed by atoms with Gasteiger partial charge in [-0.15, -0.1) is 0 Å². The van der Waals surface area contributed by atoms with Crippen molar-refractivity contribution in [1.29, 1.82) is 0 Å². The fraction of sp³-hybridized carbons (Fsp3) is 0.600.